The van der Waals surface area contributed by atoms with Gasteiger partial charge in [0.05, 0.1) is 0 Å². The fraction of sp³-hybridized carbons (Fsp3) is 0.0667. The molecule has 83 valence electrons. The van der Waals surface area contributed by atoms with E-state index in [9.17, 15) is 0 Å². The minimum Gasteiger partial charge on any atom is -0.488 e. The second kappa shape index (κ2) is 4.34. The van der Waals surface area contributed by atoms with Crippen molar-refractivity contribution < 1.29 is 4.74 Å². The maximum absolute atomic E-state index is 5.81. The number of ether oxygens (including phenoxy) is 1. The Labute approximate surface area is 99.9 Å². The van der Waals surface area contributed by atoms with Crippen molar-refractivity contribution in [1.29, 1.82) is 0 Å². The third kappa shape index (κ3) is 2.02. The lowest BCUT2D eigenvalue weighted by Crippen LogP contribution is -1.95. The summed E-state index contributed by atoms with van der Waals surface area (Å²) in [4.78, 5) is 3.12. The van der Waals surface area contributed by atoms with E-state index in [4.69, 9.17) is 4.74 Å². The number of fused-ring (bicyclic) bond motifs is 1. The molecule has 0 atom stereocenters. The molecular weight excluding hydrogens is 210 g/mol. The smallest absolute Gasteiger partial charge is 0.129 e. The van der Waals surface area contributed by atoms with Crippen LogP contribution < -0.4 is 4.74 Å². The van der Waals surface area contributed by atoms with Gasteiger partial charge >= 0.3 is 0 Å². The third-order valence-electron chi connectivity index (χ3n) is 2.71. The Balaban J connectivity index is 1.84. The molecule has 2 aromatic carbocycles. The molecule has 0 bridgehead atoms. The molecule has 1 aromatic heterocycles. The Morgan fingerprint density at radius 2 is 1.88 bits per heavy atom. The standard InChI is InChI=1S/C15H12NO/c1-2-5-12(6-3-1)11-17-15-8-4-7-14-13(15)9-10-16-14/h1-8,10,16H,11H2. The van der Waals surface area contributed by atoms with Crippen molar-refractivity contribution in [3.05, 3.63) is 66.4 Å². The van der Waals surface area contributed by atoms with Crippen LogP contribution in [0.25, 0.3) is 10.9 Å². The van der Waals surface area contributed by atoms with Crippen molar-refractivity contribution in [2.75, 3.05) is 0 Å². The molecule has 0 aliphatic carbocycles. The molecule has 0 unspecified atom stereocenters. The molecule has 0 fully saturated rings. The second-order valence-electron chi connectivity index (χ2n) is 3.89. The number of hydrogen-bond acceptors (Lipinski definition) is 1. The number of rotatable bonds is 3. The SMILES string of the molecule is [c]1c[nH]c2cccc(OCc3ccccc3)c12. The van der Waals surface area contributed by atoms with Gasteiger partial charge in [-0.3, -0.25) is 0 Å². The van der Waals surface area contributed by atoms with Crippen LogP contribution in [-0.2, 0) is 6.61 Å². The summed E-state index contributed by atoms with van der Waals surface area (Å²) < 4.78 is 5.81. The molecule has 2 nitrogen and oxygen atoms in total. The predicted molar refractivity (Wildman–Crippen MR) is 67.9 cm³/mol. The van der Waals surface area contributed by atoms with Crippen LogP contribution in [-0.4, -0.2) is 4.98 Å². The lowest BCUT2D eigenvalue weighted by atomic mass is 10.2. The normalized spacial score (nSPS) is 10.6. The summed E-state index contributed by atoms with van der Waals surface area (Å²) in [6.45, 7) is 0.582. The topological polar surface area (TPSA) is 25.0 Å². The highest BCUT2D eigenvalue weighted by Gasteiger charge is 2.02. The van der Waals surface area contributed by atoms with Gasteiger partial charge in [0.15, 0.2) is 0 Å². The maximum Gasteiger partial charge on any atom is 0.129 e. The average molecular weight is 222 g/mol. The quantitative estimate of drug-likeness (QED) is 0.720. The van der Waals surface area contributed by atoms with Gasteiger partial charge in [-0.25, -0.2) is 0 Å². The predicted octanol–water partition coefficient (Wildman–Crippen LogP) is 3.55. The number of nitrogens with one attached hydrogen (secondary N) is 1. The first kappa shape index (κ1) is 9.97. The van der Waals surface area contributed by atoms with Crippen LogP contribution in [0.4, 0.5) is 0 Å². The van der Waals surface area contributed by atoms with Gasteiger partial charge in [0.1, 0.15) is 12.4 Å². The van der Waals surface area contributed by atoms with E-state index in [0.29, 0.717) is 6.61 Å². The Morgan fingerprint density at radius 1 is 1.00 bits per heavy atom. The molecule has 0 amide bonds. The average Bonchev–Trinajstić information content (AvgIpc) is 2.86. The van der Waals surface area contributed by atoms with Gasteiger partial charge in [0.25, 0.3) is 0 Å². The summed E-state index contributed by atoms with van der Waals surface area (Å²) in [7, 11) is 0. The van der Waals surface area contributed by atoms with Crippen molar-refractivity contribution in [1.82, 2.24) is 4.98 Å². The monoisotopic (exact) mass is 222 g/mol. The number of benzene rings is 2. The first-order chi connectivity index (χ1) is 8.43. The van der Waals surface area contributed by atoms with Crippen LogP contribution >= 0.6 is 0 Å². The van der Waals surface area contributed by atoms with Gasteiger partial charge < -0.3 is 9.72 Å². The molecule has 17 heavy (non-hydrogen) atoms. The number of aromatic nitrogens is 1. The summed E-state index contributed by atoms with van der Waals surface area (Å²) >= 11 is 0. The minimum absolute atomic E-state index is 0.582. The fourth-order valence-electron chi connectivity index (χ4n) is 1.84. The van der Waals surface area contributed by atoms with Gasteiger partial charge in [-0.1, -0.05) is 36.4 Å². The molecule has 3 rings (SSSR count). The van der Waals surface area contributed by atoms with Crippen molar-refractivity contribution >= 4 is 10.9 Å². The van der Waals surface area contributed by atoms with Gasteiger partial charge in [0.2, 0.25) is 0 Å². The van der Waals surface area contributed by atoms with Gasteiger partial charge in [-0.15, -0.1) is 0 Å². The van der Waals surface area contributed by atoms with Gasteiger partial charge in [0, 0.05) is 23.2 Å². The molecule has 0 saturated carbocycles. The second-order valence-corrected chi connectivity index (χ2v) is 3.89. The highest BCUT2D eigenvalue weighted by Crippen LogP contribution is 2.24. The highest BCUT2D eigenvalue weighted by molar-refractivity contribution is 5.85. The van der Waals surface area contributed by atoms with Crippen LogP contribution in [0.2, 0.25) is 0 Å². The van der Waals surface area contributed by atoms with Crippen molar-refractivity contribution in [3.8, 4) is 5.75 Å². The van der Waals surface area contributed by atoms with Crippen LogP contribution in [0, 0.1) is 6.07 Å². The van der Waals surface area contributed by atoms with E-state index >= 15 is 0 Å². The van der Waals surface area contributed by atoms with Crippen LogP contribution in [0.5, 0.6) is 5.75 Å². The van der Waals surface area contributed by atoms with E-state index in [1.54, 1.807) is 6.20 Å². The van der Waals surface area contributed by atoms with E-state index in [-0.39, 0.29) is 0 Å². The summed E-state index contributed by atoms with van der Waals surface area (Å²) in [6.07, 6.45) is 1.81. The lowest BCUT2D eigenvalue weighted by molar-refractivity contribution is 0.310. The largest absolute Gasteiger partial charge is 0.488 e. The Hall–Kier alpha value is -2.22. The molecule has 0 spiro atoms. The van der Waals surface area contributed by atoms with Crippen molar-refractivity contribution in [2.24, 2.45) is 0 Å². The minimum atomic E-state index is 0.582. The Morgan fingerprint density at radius 3 is 2.76 bits per heavy atom. The first-order valence-corrected chi connectivity index (χ1v) is 5.58. The van der Waals surface area contributed by atoms with Gasteiger partial charge in [-0.05, 0) is 17.7 Å². The van der Waals surface area contributed by atoms with Crippen LogP contribution in [0.3, 0.4) is 0 Å². The van der Waals surface area contributed by atoms with Crippen molar-refractivity contribution in [2.45, 2.75) is 6.61 Å². The number of aromatic amines is 1. The molecule has 0 saturated heterocycles. The molecule has 1 heterocycles. The summed E-state index contributed by atoms with van der Waals surface area (Å²) in [5.74, 6) is 0.868. The first-order valence-electron chi connectivity index (χ1n) is 5.58. The van der Waals surface area contributed by atoms with Crippen molar-refractivity contribution in [3.63, 3.8) is 0 Å². The molecular formula is C15H12NO. The lowest BCUT2D eigenvalue weighted by Gasteiger charge is -2.07. The molecule has 1 N–H and O–H groups in total. The molecule has 1 radical (unpaired) electrons. The maximum atomic E-state index is 5.81. The van der Waals surface area contributed by atoms with E-state index < -0.39 is 0 Å². The summed E-state index contributed by atoms with van der Waals surface area (Å²) in [5.41, 5.74) is 2.22. The highest BCUT2D eigenvalue weighted by atomic mass is 16.5. The summed E-state index contributed by atoms with van der Waals surface area (Å²) in [5, 5.41) is 1.00. The van der Waals surface area contributed by atoms with Crippen LogP contribution in [0.1, 0.15) is 5.56 Å². The summed E-state index contributed by atoms with van der Waals surface area (Å²) in [6, 6.07) is 19.3. The number of H-pyrrole nitrogens is 1. The third-order valence-corrected chi connectivity index (χ3v) is 2.71. The zero-order valence-electron chi connectivity index (χ0n) is 9.31. The van der Waals surface area contributed by atoms with E-state index in [1.165, 1.54) is 5.56 Å². The molecule has 0 aliphatic rings. The Bertz CT molecular complexity index is 613. The Kier molecular flexibility index (Phi) is 2.54. The van der Waals surface area contributed by atoms with E-state index in [0.717, 1.165) is 16.7 Å². The van der Waals surface area contributed by atoms with E-state index in [1.807, 2.05) is 36.4 Å². The molecule has 3 aromatic rings. The molecule has 0 aliphatic heterocycles. The van der Waals surface area contributed by atoms with Gasteiger partial charge in [-0.2, -0.15) is 0 Å². The number of hydrogen-bond donors (Lipinski definition) is 1. The zero-order valence-corrected chi connectivity index (χ0v) is 9.31. The van der Waals surface area contributed by atoms with Crippen LogP contribution in [0.15, 0.2) is 54.7 Å². The van der Waals surface area contributed by atoms with E-state index in [2.05, 4.69) is 23.2 Å². The fourth-order valence-corrected chi connectivity index (χ4v) is 1.84. The molecule has 2 heteroatoms. The zero-order chi connectivity index (χ0) is 11.5.